The standard InChI is InChI=1S/C20H22F3N3O2S/c1-2-7-25(11-17(27)24-15-4-3-14(21)19(22)20(15)23)12-18(28)26-8-5-16-13(10-26)6-9-29-16/h3-4,6,9H,2,5,7-8,10-12H2,1H3,(H,24,27). The zero-order valence-corrected chi connectivity index (χ0v) is 16.8. The minimum absolute atomic E-state index is 0.0565. The minimum Gasteiger partial charge on any atom is -0.337 e. The van der Waals surface area contributed by atoms with Gasteiger partial charge in [-0.1, -0.05) is 6.92 Å². The maximum absolute atomic E-state index is 13.8. The Labute approximate surface area is 171 Å². The number of anilines is 1. The monoisotopic (exact) mass is 425 g/mol. The highest BCUT2D eigenvalue weighted by atomic mass is 32.1. The highest BCUT2D eigenvalue weighted by molar-refractivity contribution is 7.10. The lowest BCUT2D eigenvalue weighted by Crippen LogP contribution is -2.44. The second-order valence-electron chi connectivity index (χ2n) is 6.92. The van der Waals surface area contributed by atoms with Gasteiger partial charge in [0.25, 0.3) is 0 Å². The largest absolute Gasteiger partial charge is 0.337 e. The van der Waals surface area contributed by atoms with Gasteiger partial charge in [-0.15, -0.1) is 11.3 Å². The average Bonchev–Trinajstić information content (AvgIpc) is 3.16. The molecule has 1 aliphatic rings. The molecule has 0 spiro atoms. The normalized spacial score (nSPS) is 13.5. The zero-order chi connectivity index (χ0) is 21.0. The van der Waals surface area contributed by atoms with Crippen LogP contribution in [0.3, 0.4) is 0 Å². The van der Waals surface area contributed by atoms with Crippen molar-refractivity contribution in [2.75, 3.05) is 31.5 Å². The van der Waals surface area contributed by atoms with E-state index in [4.69, 9.17) is 0 Å². The minimum atomic E-state index is -1.64. The Morgan fingerprint density at radius 1 is 1.17 bits per heavy atom. The number of carbonyl (C=O) groups is 2. The van der Waals surface area contributed by atoms with Crippen molar-refractivity contribution in [3.8, 4) is 0 Å². The van der Waals surface area contributed by atoms with E-state index >= 15 is 0 Å². The van der Waals surface area contributed by atoms with Crippen LogP contribution in [-0.2, 0) is 22.6 Å². The molecule has 0 unspecified atom stereocenters. The molecule has 0 saturated carbocycles. The fourth-order valence-electron chi connectivity index (χ4n) is 3.30. The summed E-state index contributed by atoms with van der Waals surface area (Å²) in [6.07, 6.45) is 1.54. The molecule has 1 aliphatic heterocycles. The van der Waals surface area contributed by atoms with Crippen molar-refractivity contribution in [2.24, 2.45) is 0 Å². The Balaban J connectivity index is 1.59. The molecule has 2 amide bonds. The number of halogens is 3. The smallest absolute Gasteiger partial charge is 0.238 e. The first-order valence-electron chi connectivity index (χ1n) is 9.37. The number of nitrogens with zero attached hydrogens (tertiary/aromatic N) is 2. The van der Waals surface area contributed by atoms with Crippen LogP contribution in [0.2, 0.25) is 0 Å². The quantitative estimate of drug-likeness (QED) is 0.692. The molecule has 156 valence electrons. The van der Waals surface area contributed by atoms with E-state index in [0.29, 0.717) is 19.6 Å². The zero-order valence-electron chi connectivity index (χ0n) is 16.0. The lowest BCUT2D eigenvalue weighted by Gasteiger charge is -2.30. The van der Waals surface area contributed by atoms with E-state index in [1.54, 1.807) is 21.1 Å². The van der Waals surface area contributed by atoms with Gasteiger partial charge in [0.2, 0.25) is 11.8 Å². The van der Waals surface area contributed by atoms with Gasteiger partial charge in [0.15, 0.2) is 17.5 Å². The number of benzene rings is 1. The van der Waals surface area contributed by atoms with E-state index in [2.05, 4.69) is 5.32 Å². The van der Waals surface area contributed by atoms with Crippen LogP contribution in [0.1, 0.15) is 23.8 Å². The Kier molecular flexibility index (Phi) is 6.92. The van der Waals surface area contributed by atoms with Crippen LogP contribution < -0.4 is 5.32 Å². The summed E-state index contributed by atoms with van der Waals surface area (Å²) in [7, 11) is 0. The predicted molar refractivity (Wildman–Crippen MR) is 105 cm³/mol. The van der Waals surface area contributed by atoms with Crippen molar-refractivity contribution in [3.63, 3.8) is 0 Å². The number of thiophene rings is 1. The second-order valence-corrected chi connectivity index (χ2v) is 7.92. The van der Waals surface area contributed by atoms with Gasteiger partial charge in [-0.2, -0.15) is 0 Å². The van der Waals surface area contributed by atoms with Gasteiger partial charge >= 0.3 is 0 Å². The summed E-state index contributed by atoms with van der Waals surface area (Å²) in [6, 6.07) is 3.73. The third-order valence-corrected chi connectivity index (χ3v) is 5.76. The van der Waals surface area contributed by atoms with Gasteiger partial charge < -0.3 is 10.2 Å². The molecule has 2 heterocycles. The van der Waals surface area contributed by atoms with Crippen molar-refractivity contribution in [1.29, 1.82) is 0 Å². The van der Waals surface area contributed by atoms with E-state index in [1.165, 1.54) is 4.88 Å². The summed E-state index contributed by atoms with van der Waals surface area (Å²) in [5.74, 6) is -5.09. The summed E-state index contributed by atoms with van der Waals surface area (Å²) < 4.78 is 40.1. The molecule has 5 nitrogen and oxygen atoms in total. The second kappa shape index (κ2) is 9.41. The topological polar surface area (TPSA) is 52.7 Å². The highest BCUT2D eigenvalue weighted by Gasteiger charge is 2.24. The molecule has 3 rings (SSSR count). The van der Waals surface area contributed by atoms with Gasteiger partial charge in [-0.3, -0.25) is 14.5 Å². The van der Waals surface area contributed by atoms with E-state index < -0.39 is 29.0 Å². The SMILES string of the molecule is CCCN(CC(=O)Nc1ccc(F)c(F)c1F)CC(=O)N1CCc2sccc2C1. The van der Waals surface area contributed by atoms with Gasteiger partial charge in [-0.05, 0) is 48.5 Å². The lowest BCUT2D eigenvalue weighted by molar-refractivity contribution is -0.133. The Morgan fingerprint density at radius 2 is 1.97 bits per heavy atom. The van der Waals surface area contributed by atoms with Crippen molar-refractivity contribution in [1.82, 2.24) is 9.80 Å². The molecule has 0 bridgehead atoms. The van der Waals surface area contributed by atoms with E-state index in [1.807, 2.05) is 18.4 Å². The van der Waals surface area contributed by atoms with Crippen molar-refractivity contribution >= 4 is 28.8 Å². The van der Waals surface area contributed by atoms with Crippen molar-refractivity contribution < 1.29 is 22.8 Å². The van der Waals surface area contributed by atoms with E-state index in [0.717, 1.165) is 30.5 Å². The van der Waals surface area contributed by atoms with Crippen LogP contribution in [0, 0.1) is 17.5 Å². The molecule has 1 aromatic carbocycles. The average molecular weight is 425 g/mol. The molecule has 0 fully saturated rings. The molecular formula is C20H22F3N3O2S. The first-order chi connectivity index (χ1) is 13.9. The lowest BCUT2D eigenvalue weighted by atomic mass is 10.1. The first kappa shape index (κ1) is 21.3. The summed E-state index contributed by atoms with van der Waals surface area (Å²) in [6.45, 7) is 3.51. The van der Waals surface area contributed by atoms with Crippen LogP contribution in [0.4, 0.5) is 18.9 Å². The summed E-state index contributed by atoms with van der Waals surface area (Å²) >= 11 is 1.69. The number of amides is 2. The number of rotatable bonds is 7. The van der Waals surface area contributed by atoms with Crippen molar-refractivity contribution in [3.05, 3.63) is 51.5 Å². The number of fused-ring (bicyclic) bond motifs is 1. The molecule has 0 aliphatic carbocycles. The van der Waals surface area contributed by atoms with Gasteiger partial charge in [-0.25, -0.2) is 13.2 Å². The van der Waals surface area contributed by atoms with Crippen LogP contribution in [0.25, 0.3) is 0 Å². The van der Waals surface area contributed by atoms with E-state index in [9.17, 15) is 22.8 Å². The molecule has 29 heavy (non-hydrogen) atoms. The molecule has 9 heteroatoms. The molecule has 1 N–H and O–H groups in total. The Bertz CT molecular complexity index is 903. The van der Waals surface area contributed by atoms with Gasteiger partial charge in [0.05, 0.1) is 18.8 Å². The first-order valence-corrected chi connectivity index (χ1v) is 10.3. The Morgan fingerprint density at radius 3 is 2.72 bits per heavy atom. The predicted octanol–water partition coefficient (Wildman–Crippen LogP) is 3.40. The molecule has 2 aromatic rings. The fourth-order valence-corrected chi connectivity index (χ4v) is 4.19. The summed E-state index contributed by atoms with van der Waals surface area (Å²) in [5, 5.41) is 4.26. The maximum atomic E-state index is 13.8. The van der Waals surface area contributed by atoms with Crippen LogP contribution >= 0.6 is 11.3 Å². The maximum Gasteiger partial charge on any atom is 0.238 e. The number of nitrogens with one attached hydrogen (secondary N) is 1. The Hall–Kier alpha value is -2.39. The summed E-state index contributed by atoms with van der Waals surface area (Å²) in [5.41, 5.74) is 0.723. The van der Waals surface area contributed by atoms with Crippen molar-refractivity contribution in [2.45, 2.75) is 26.3 Å². The molecule has 0 atom stereocenters. The highest BCUT2D eigenvalue weighted by Crippen LogP contribution is 2.24. The van der Waals surface area contributed by atoms with Gasteiger partial charge in [0.1, 0.15) is 0 Å². The summed E-state index contributed by atoms with van der Waals surface area (Å²) in [4.78, 5) is 29.7. The number of carbonyl (C=O) groups excluding carboxylic acids is 2. The van der Waals surface area contributed by atoms with Crippen LogP contribution in [-0.4, -0.2) is 47.8 Å². The van der Waals surface area contributed by atoms with Crippen LogP contribution in [0.15, 0.2) is 23.6 Å². The number of hydrogen-bond acceptors (Lipinski definition) is 4. The molecule has 1 aromatic heterocycles. The molecule has 0 radical (unpaired) electrons. The third kappa shape index (κ3) is 5.16. The van der Waals surface area contributed by atoms with Crippen LogP contribution in [0.5, 0.6) is 0 Å². The van der Waals surface area contributed by atoms with E-state index in [-0.39, 0.29) is 19.0 Å². The third-order valence-electron chi connectivity index (χ3n) is 4.74. The molecular weight excluding hydrogens is 403 g/mol. The molecule has 0 saturated heterocycles. The van der Waals surface area contributed by atoms with Gasteiger partial charge in [0, 0.05) is 18.0 Å². The fraction of sp³-hybridized carbons (Fsp3) is 0.400. The number of hydrogen-bond donors (Lipinski definition) is 1.